The van der Waals surface area contributed by atoms with Gasteiger partial charge in [-0.3, -0.25) is 0 Å². The van der Waals surface area contributed by atoms with Crippen molar-refractivity contribution in [1.82, 2.24) is 0 Å². The molecule has 0 N–H and O–H groups in total. The van der Waals surface area contributed by atoms with Gasteiger partial charge in [0.15, 0.2) is 0 Å². The van der Waals surface area contributed by atoms with Crippen molar-refractivity contribution in [2.75, 3.05) is 0 Å². The number of hydrogen-bond acceptors (Lipinski definition) is 0. The molecule has 7 heteroatoms. The first-order valence-electron chi connectivity index (χ1n) is 0. The van der Waals surface area contributed by atoms with Gasteiger partial charge in [0.05, 0.1) is 0 Å². The third-order valence-electron chi connectivity index (χ3n) is 0. The molecule has 63 valence electrons. The van der Waals surface area contributed by atoms with Crippen LogP contribution in [0.15, 0.2) is 0 Å². The average Bonchev–Trinajstić information content (AvgIpc) is 0. The first kappa shape index (κ1) is 71.3. The SMILES string of the molecule is [Co].[Co].[Co].[Co].[Co].[Ir].[Ir]. The molecule has 0 bridgehead atoms. The molecule has 7 radical (unpaired) electrons. The van der Waals surface area contributed by atoms with E-state index in [0.29, 0.717) is 0 Å². The van der Waals surface area contributed by atoms with Crippen LogP contribution < -0.4 is 0 Å². The minimum Gasteiger partial charge on any atom is 0 e. The molecule has 0 rings (SSSR count). The molecule has 0 amide bonds. The van der Waals surface area contributed by atoms with E-state index in [0.717, 1.165) is 0 Å². The second-order valence-electron chi connectivity index (χ2n) is 0. The van der Waals surface area contributed by atoms with E-state index in [2.05, 4.69) is 0 Å². The van der Waals surface area contributed by atoms with Gasteiger partial charge >= 0.3 is 0 Å². The van der Waals surface area contributed by atoms with E-state index >= 15 is 0 Å². The summed E-state index contributed by atoms with van der Waals surface area (Å²) in [5.41, 5.74) is 0. The number of hydrogen-bond donors (Lipinski definition) is 0. The van der Waals surface area contributed by atoms with Gasteiger partial charge in [0, 0.05) is 124 Å². The Morgan fingerprint density at radius 1 is 0.286 bits per heavy atom. The molecule has 0 heterocycles. The minimum absolute atomic E-state index is 0. The van der Waals surface area contributed by atoms with Crippen LogP contribution in [0, 0.1) is 0 Å². The van der Waals surface area contributed by atoms with E-state index in [1.807, 2.05) is 0 Å². The van der Waals surface area contributed by atoms with E-state index in [9.17, 15) is 0 Å². The fourth-order valence-corrected chi connectivity index (χ4v) is 0. The van der Waals surface area contributed by atoms with Crippen LogP contribution in [0.3, 0.4) is 0 Å². The van der Waals surface area contributed by atoms with Crippen LogP contribution in [0.2, 0.25) is 0 Å². The molecule has 0 nitrogen and oxygen atoms in total. The van der Waals surface area contributed by atoms with Gasteiger partial charge in [-0.25, -0.2) is 0 Å². The maximum atomic E-state index is 0. The summed E-state index contributed by atoms with van der Waals surface area (Å²) in [6.45, 7) is 0. The summed E-state index contributed by atoms with van der Waals surface area (Å²) in [6, 6.07) is 0. The quantitative estimate of drug-likeness (QED) is 0.339. The van der Waals surface area contributed by atoms with Gasteiger partial charge in [0.2, 0.25) is 0 Å². The van der Waals surface area contributed by atoms with Crippen LogP contribution in [0.4, 0.5) is 0 Å². The molecule has 0 fully saturated rings. The summed E-state index contributed by atoms with van der Waals surface area (Å²) < 4.78 is 0. The van der Waals surface area contributed by atoms with Crippen LogP contribution in [0.25, 0.3) is 0 Å². The second kappa shape index (κ2) is 52.2. The minimum atomic E-state index is 0. The molecule has 0 aliphatic carbocycles. The molecule has 7 heavy (non-hydrogen) atoms. The van der Waals surface area contributed by atoms with Crippen LogP contribution in [-0.2, 0) is 124 Å². The predicted molar refractivity (Wildman–Crippen MR) is 0 cm³/mol. The Morgan fingerprint density at radius 3 is 0.286 bits per heavy atom. The van der Waals surface area contributed by atoms with E-state index in [4.69, 9.17) is 0 Å². The molecule has 0 aliphatic heterocycles. The van der Waals surface area contributed by atoms with Gasteiger partial charge in [-0.1, -0.05) is 0 Å². The fraction of sp³-hybridized carbons (Fsp3) is 0. The third-order valence-corrected chi connectivity index (χ3v) is 0. The largest absolute Gasteiger partial charge is 0 e. The molecular weight excluding hydrogens is 679 g/mol. The summed E-state index contributed by atoms with van der Waals surface area (Å²) in [5.74, 6) is 0. The van der Waals surface area contributed by atoms with Crippen molar-refractivity contribution >= 4 is 0 Å². The summed E-state index contributed by atoms with van der Waals surface area (Å²) >= 11 is 0. The molecule has 0 aromatic heterocycles. The Labute approximate surface area is 122 Å². The Balaban J connectivity index is 0. The molecule has 0 saturated heterocycles. The Morgan fingerprint density at radius 2 is 0.286 bits per heavy atom. The molecule has 0 aliphatic rings. The summed E-state index contributed by atoms with van der Waals surface area (Å²) in [6.07, 6.45) is 0. The zero-order valence-electron chi connectivity index (χ0n) is 2.33. The van der Waals surface area contributed by atoms with E-state index < -0.39 is 0 Å². The van der Waals surface area contributed by atoms with Gasteiger partial charge < -0.3 is 0 Å². The normalized spacial score (nSPS) is 0. The maximum absolute atomic E-state index is 0. The molecule has 0 atom stereocenters. The van der Waals surface area contributed by atoms with Gasteiger partial charge in [-0.15, -0.1) is 0 Å². The van der Waals surface area contributed by atoms with Crippen molar-refractivity contribution in [3.8, 4) is 0 Å². The number of rotatable bonds is 0. The zero-order chi connectivity index (χ0) is 0. The van der Waals surface area contributed by atoms with E-state index in [1.165, 1.54) is 0 Å². The van der Waals surface area contributed by atoms with Crippen molar-refractivity contribution in [2.45, 2.75) is 0 Å². The van der Waals surface area contributed by atoms with Crippen LogP contribution in [0.5, 0.6) is 0 Å². The summed E-state index contributed by atoms with van der Waals surface area (Å²) in [5, 5.41) is 0. The molecule has 0 unspecified atom stereocenters. The van der Waals surface area contributed by atoms with Gasteiger partial charge in [-0.2, -0.15) is 0 Å². The predicted octanol–water partition coefficient (Wildman–Crippen LogP) is -0.0175. The first-order valence-corrected chi connectivity index (χ1v) is 0. The Kier molecular flexibility index (Phi) is 532. The Hall–Kier alpha value is 3.83. The second-order valence-corrected chi connectivity index (χ2v) is 0. The van der Waals surface area contributed by atoms with Gasteiger partial charge in [0.25, 0.3) is 0 Å². The average molecular weight is 679 g/mol. The molecular formula is Co5Ir2. The summed E-state index contributed by atoms with van der Waals surface area (Å²) in [7, 11) is 0. The Bertz CT molecular complexity index is 6.04. The maximum Gasteiger partial charge on any atom is 0 e. The van der Waals surface area contributed by atoms with Crippen molar-refractivity contribution in [3.63, 3.8) is 0 Å². The van der Waals surface area contributed by atoms with E-state index in [-0.39, 0.29) is 124 Å². The van der Waals surface area contributed by atoms with Crippen LogP contribution >= 0.6 is 0 Å². The van der Waals surface area contributed by atoms with Crippen molar-refractivity contribution in [1.29, 1.82) is 0 Å². The van der Waals surface area contributed by atoms with Gasteiger partial charge in [-0.05, 0) is 0 Å². The molecule has 0 spiro atoms. The third kappa shape index (κ3) is 41.1. The monoisotopic (exact) mass is 681 g/mol. The van der Waals surface area contributed by atoms with Crippen molar-refractivity contribution in [2.24, 2.45) is 0 Å². The smallest absolute Gasteiger partial charge is 0 e. The molecule has 0 aromatic carbocycles. The molecule has 0 saturated carbocycles. The standard InChI is InChI=1S/5Co.2Ir. The fourth-order valence-electron chi connectivity index (χ4n) is 0. The first-order chi connectivity index (χ1) is 0. The van der Waals surface area contributed by atoms with Crippen LogP contribution in [-0.4, -0.2) is 0 Å². The topological polar surface area (TPSA) is 0 Å². The summed E-state index contributed by atoms with van der Waals surface area (Å²) in [4.78, 5) is 0. The van der Waals surface area contributed by atoms with Crippen molar-refractivity contribution in [3.05, 3.63) is 0 Å². The van der Waals surface area contributed by atoms with Gasteiger partial charge in [0.1, 0.15) is 0 Å². The van der Waals surface area contributed by atoms with E-state index in [1.54, 1.807) is 0 Å². The van der Waals surface area contributed by atoms with Crippen LogP contribution in [0.1, 0.15) is 0 Å². The molecule has 0 aromatic rings. The zero-order valence-corrected chi connectivity index (χ0v) is 12.3. The van der Waals surface area contributed by atoms with Crippen molar-refractivity contribution < 1.29 is 124 Å².